The molecule has 0 aromatic heterocycles. The highest BCUT2D eigenvalue weighted by atomic mass is 16.6. The molecule has 2 saturated heterocycles. The third-order valence-electron chi connectivity index (χ3n) is 15.2. The van der Waals surface area contributed by atoms with E-state index in [1.807, 2.05) is 26.8 Å². The molecule has 4 rings (SSSR count). The molecule has 16 heteroatoms. The topological polar surface area (TPSA) is 225 Å². The Labute approximate surface area is 416 Å². The highest BCUT2D eigenvalue weighted by Gasteiger charge is 2.53. The molecule has 0 aromatic rings. The normalized spacial score (nSPS) is 39.5. The van der Waals surface area contributed by atoms with Crippen molar-refractivity contribution in [2.45, 2.75) is 187 Å². The zero-order valence-electron chi connectivity index (χ0n) is 43.5. The molecule has 0 aromatic carbocycles. The summed E-state index contributed by atoms with van der Waals surface area (Å²) in [4.78, 5) is 72.2. The number of cyclic esters (lactones) is 1. The number of methoxy groups -OCH3 is 2. The largest absolute Gasteiger partial charge is 0.460 e. The number of Topliss-reactive ketones (excluding diaryl/α,β-unsaturated/α-hetero) is 3. The molecule has 4 aliphatic rings. The standard InChI is InChI=1S/C54H85NO15/c1-11-67-25-26-68-44-23-21-39(29-43(44)57)28-35(5)46-31-42(56)34(4)27-36(6)48(59)50(66-10)49(60)38(8)47(58)33(3)18-14-12-13-17-32(2)45(65-9)30-40-22-20-37(7)54(64,70-40)51(61)52(62)55-24-16-15-19-41(55)53(63)69-46/h12-14,17-18,27,33-35,37-41,43-48,50,57-59,64H,11,15-16,19-26,28-31H2,1-10H3/b13-12+,18-14+,32-17+,36-27+/t33-,34-,35-,37-,38-,39+,40+,41+,43?,44-,45+,46+,47?,48-,50-,54-/m1/s1. The fourth-order valence-electron chi connectivity index (χ4n) is 10.4. The second-order valence-corrected chi connectivity index (χ2v) is 20.4. The summed E-state index contributed by atoms with van der Waals surface area (Å²) < 4.78 is 35.1. The smallest absolute Gasteiger partial charge is 0.329 e. The number of carbonyl (C=O) groups excluding carboxylic acids is 5. The van der Waals surface area contributed by atoms with E-state index in [4.69, 9.17) is 28.4 Å². The van der Waals surface area contributed by atoms with Crippen LogP contribution in [-0.4, -0.2) is 156 Å². The molecule has 1 amide bonds. The Balaban J connectivity index is 1.69. The van der Waals surface area contributed by atoms with Crippen LogP contribution in [0.3, 0.4) is 0 Å². The van der Waals surface area contributed by atoms with E-state index < -0.39 is 108 Å². The van der Waals surface area contributed by atoms with E-state index in [0.717, 1.165) is 12.0 Å². The van der Waals surface area contributed by atoms with Gasteiger partial charge in [0.1, 0.15) is 30.1 Å². The zero-order chi connectivity index (χ0) is 51.9. The first-order valence-corrected chi connectivity index (χ1v) is 25.7. The lowest BCUT2D eigenvalue weighted by Crippen LogP contribution is -2.61. The summed E-state index contributed by atoms with van der Waals surface area (Å²) in [7, 11) is 2.85. The Morgan fingerprint density at radius 2 is 1.60 bits per heavy atom. The van der Waals surface area contributed by atoms with Crippen molar-refractivity contribution < 1.29 is 72.8 Å². The highest BCUT2D eigenvalue weighted by Crippen LogP contribution is 2.38. The number of fused-ring (bicyclic) bond motifs is 3. The lowest BCUT2D eigenvalue weighted by Gasteiger charge is -2.42. The number of esters is 1. The molecule has 16 nitrogen and oxygen atoms in total. The first kappa shape index (κ1) is 59.1. The number of carbonyl (C=O) groups is 5. The van der Waals surface area contributed by atoms with Crippen LogP contribution < -0.4 is 0 Å². The lowest BCUT2D eigenvalue weighted by molar-refractivity contribution is -0.265. The third-order valence-corrected chi connectivity index (χ3v) is 15.2. The van der Waals surface area contributed by atoms with Crippen LogP contribution in [-0.2, 0) is 52.4 Å². The van der Waals surface area contributed by atoms with Crippen molar-refractivity contribution in [3.8, 4) is 0 Å². The van der Waals surface area contributed by atoms with Gasteiger partial charge >= 0.3 is 5.97 Å². The second kappa shape index (κ2) is 28.1. The van der Waals surface area contributed by atoms with Crippen molar-refractivity contribution in [1.29, 1.82) is 0 Å². The van der Waals surface area contributed by atoms with Crippen molar-refractivity contribution in [3.63, 3.8) is 0 Å². The molecule has 396 valence electrons. The van der Waals surface area contributed by atoms with E-state index in [2.05, 4.69) is 0 Å². The zero-order valence-corrected chi connectivity index (χ0v) is 43.5. The second-order valence-electron chi connectivity index (χ2n) is 20.4. The fourth-order valence-corrected chi connectivity index (χ4v) is 10.4. The Kier molecular flexibility index (Phi) is 23.7. The molecule has 0 spiro atoms. The van der Waals surface area contributed by atoms with E-state index in [1.165, 1.54) is 12.0 Å². The molecule has 2 unspecified atom stereocenters. The predicted octanol–water partition coefficient (Wildman–Crippen LogP) is 5.56. The van der Waals surface area contributed by atoms with Crippen LogP contribution in [0.2, 0.25) is 0 Å². The molecule has 16 atom stereocenters. The third kappa shape index (κ3) is 15.8. The molecule has 3 aliphatic heterocycles. The maximum Gasteiger partial charge on any atom is 0.329 e. The molecule has 2 bridgehead atoms. The van der Waals surface area contributed by atoms with Gasteiger partial charge in [0.2, 0.25) is 5.79 Å². The molecule has 70 heavy (non-hydrogen) atoms. The summed E-state index contributed by atoms with van der Waals surface area (Å²) in [5.41, 5.74) is 1.12. The molecular formula is C54H85NO15. The van der Waals surface area contributed by atoms with Crippen molar-refractivity contribution in [1.82, 2.24) is 4.90 Å². The minimum atomic E-state index is -2.46. The Bertz CT molecular complexity index is 1860. The van der Waals surface area contributed by atoms with Crippen LogP contribution in [0.4, 0.5) is 0 Å². The molecule has 1 aliphatic carbocycles. The number of aliphatic hydroxyl groups excluding tert-OH is 3. The first-order chi connectivity index (χ1) is 33.2. The number of ether oxygens (including phenoxy) is 6. The average Bonchev–Trinajstić information content (AvgIpc) is 3.34. The van der Waals surface area contributed by atoms with Crippen molar-refractivity contribution in [3.05, 3.63) is 47.6 Å². The van der Waals surface area contributed by atoms with Crippen LogP contribution in [0.1, 0.15) is 126 Å². The monoisotopic (exact) mass is 988 g/mol. The quantitative estimate of drug-likeness (QED) is 0.0911. The van der Waals surface area contributed by atoms with E-state index in [9.17, 15) is 44.4 Å². The number of nitrogens with zero attached hydrogens (tertiary/aromatic N) is 1. The van der Waals surface area contributed by atoms with Crippen LogP contribution in [0.15, 0.2) is 47.6 Å². The summed E-state index contributed by atoms with van der Waals surface area (Å²) in [6.07, 6.45) is 7.89. The first-order valence-electron chi connectivity index (χ1n) is 25.7. The molecule has 3 fully saturated rings. The van der Waals surface area contributed by atoms with Gasteiger partial charge in [-0.15, -0.1) is 0 Å². The number of allylic oxidation sites excluding steroid dienone is 5. The number of rotatable bonds is 10. The fraction of sp³-hybridized carbons (Fsp3) is 0.759. The summed E-state index contributed by atoms with van der Waals surface area (Å²) in [5.74, 6) is -9.61. The van der Waals surface area contributed by atoms with E-state index >= 15 is 0 Å². The van der Waals surface area contributed by atoms with E-state index in [-0.39, 0.29) is 43.6 Å². The van der Waals surface area contributed by atoms with Gasteiger partial charge in [-0.3, -0.25) is 19.2 Å². The van der Waals surface area contributed by atoms with Crippen molar-refractivity contribution >= 4 is 29.2 Å². The summed E-state index contributed by atoms with van der Waals surface area (Å²) in [6, 6.07) is -1.17. The molecular weight excluding hydrogens is 903 g/mol. The summed E-state index contributed by atoms with van der Waals surface area (Å²) in [5, 5.41) is 45.8. The maximum atomic E-state index is 14.5. The van der Waals surface area contributed by atoms with Crippen LogP contribution in [0.5, 0.6) is 0 Å². The highest BCUT2D eigenvalue weighted by molar-refractivity contribution is 6.39. The minimum absolute atomic E-state index is 0.0154. The van der Waals surface area contributed by atoms with Gasteiger partial charge in [-0.25, -0.2) is 4.79 Å². The number of hydrogen-bond acceptors (Lipinski definition) is 15. The molecule has 1 saturated carbocycles. The number of ketones is 3. The Morgan fingerprint density at radius 3 is 2.27 bits per heavy atom. The summed E-state index contributed by atoms with van der Waals surface area (Å²) in [6.45, 7) is 15.3. The lowest BCUT2D eigenvalue weighted by atomic mass is 9.78. The molecule has 4 N–H and O–H groups in total. The van der Waals surface area contributed by atoms with Gasteiger partial charge in [0.05, 0.1) is 43.7 Å². The molecule has 3 heterocycles. The van der Waals surface area contributed by atoms with Crippen LogP contribution in [0, 0.1) is 35.5 Å². The number of amides is 1. The number of hydrogen-bond donors (Lipinski definition) is 4. The number of piperidine rings is 1. The minimum Gasteiger partial charge on any atom is -0.460 e. The van der Waals surface area contributed by atoms with E-state index in [1.54, 1.807) is 72.1 Å². The van der Waals surface area contributed by atoms with Gasteiger partial charge in [0.15, 0.2) is 5.78 Å². The Hall–Kier alpha value is -3.45. The van der Waals surface area contributed by atoms with Gasteiger partial charge in [0, 0.05) is 63.9 Å². The SMILES string of the molecule is CCOCCO[C@@H]1CC[C@@H](C[C@@H](C)[C@@H]2CC(=O)[C@H](C)/C=C(\C)[C@@H](O)[C@@H](OC)C(=O)[C@H](C)C(O)[C@H](C)/C=C/C=C/C=C(\C)[C@@H](OC)C[C@@H]3CC[C@@H](C)[C@@](O)(O3)C(=O)C(=O)N3CCCC[C@H]3C(=O)O2)CC1O. The van der Waals surface area contributed by atoms with Crippen LogP contribution >= 0.6 is 0 Å². The van der Waals surface area contributed by atoms with Gasteiger partial charge < -0.3 is 53.7 Å². The van der Waals surface area contributed by atoms with Crippen LogP contribution in [0.25, 0.3) is 0 Å². The van der Waals surface area contributed by atoms with Gasteiger partial charge in [-0.2, -0.15) is 0 Å². The number of aliphatic hydroxyl groups is 4. The maximum absolute atomic E-state index is 14.5. The van der Waals surface area contributed by atoms with Crippen molar-refractivity contribution in [2.24, 2.45) is 35.5 Å². The van der Waals surface area contributed by atoms with Gasteiger partial charge in [0.25, 0.3) is 11.7 Å². The van der Waals surface area contributed by atoms with Gasteiger partial charge in [-0.05, 0) is 102 Å². The summed E-state index contributed by atoms with van der Waals surface area (Å²) >= 11 is 0. The Morgan fingerprint density at radius 1 is 0.871 bits per heavy atom. The predicted molar refractivity (Wildman–Crippen MR) is 262 cm³/mol. The van der Waals surface area contributed by atoms with E-state index in [0.29, 0.717) is 70.3 Å². The average molecular weight is 988 g/mol. The van der Waals surface area contributed by atoms with Crippen molar-refractivity contribution in [2.75, 3.05) is 40.6 Å². The van der Waals surface area contributed by atoms with Gasteiger partial charge in [-0.1, -0.05) is 71.1 Å². The molecule has 0 radical (unpaired) electrons.